The minimum atomic E-state index is -0.0585. The standard InChI is InChI=1S/C16H16O2S2/c1-3-7-19-16-13(10-17)14(18)9-15(20-16)12-6-4-5-11(2)8-12/h3-6,8,10,15H,1,7,9H2,2H3. The van der Waals surface area contributed by atoms with Gasteiger partial charge in [-0.3, -0.25) is 9.59 Å². The maximum absolute atomic E-state index is 12.1. The van der Waals surface area contributed by atoms with Gasteiger partial charge in [-0.25, -0.2) is 0 Å². The molecule has 1 aliphatic rings. The van der Waals surface area contributed by atoms with E-state index in [1.807, 2.05) is 25.1 Å². The largest absolute Gasteiger partial charge is 0.298 e. The third-order valence-corrected chi connectivity index (χ3v) is 5.69. The second kappa shape index (κ2) is 6.95. The average Bonchev–Trinajstić information content (AvgIpc) is 2.44. The summed E-state index contributed by atoms with van der Waals surface area (Å²) in [5, 5.41) is 0.0958. The van der Waals surface area contributed by atoms with E-state index in [0.717, 1.165) is 9.80 Å². The molecule has 0 radical (unpaired) electrons. The summed E-state index contributed by atoms with van der Waals surface area (Å²) in [7, 11) is 0. The highest BCUT2D eigenvalue weighted by Gasteiger charge is 2.29. The monoisotopic (exact) mass is 304 g/mol. The Hall–Kier alpha value is -1.26. The van der Waals surface area contributed by atoms with E-state index in [1.54, 1.807) is 17.8 Å². The molecular weight excluding hydrogens is 288 g/mol. The fourth-order valence-corrected chi connectivity index (χ4v) is 4.52. The maximum Gasteiger partial charge on any atom is 0.169 e. The normalized spacial score (nSPS) is 19.1. The molecule has 1 atom stereocenters. The van der Waals surface area contributed by atoms with Gasteiger partial charge in [0, 0.05) is 17.4 Å². The van der Waals surface area contributed by atoms with Crippen molar-refractivity contribution in [1.82, 2.24) is 0 Å². The smallest absolute Gasteiger partial charge is 0.169 e. The van der Waals surface area contributed by atoms with E-state index in [2.05, 4.69) is 12.6 Å². The van der Waals surface area contributed by atoms with Gasteiger partial charge in [-0.05, 0) is 12.5 Å². The Morgan fingerprint density at radius 1 is 1.50 bits per heavy atom. The molecule has 0 bridgehead atoms. The Bertz CT molecular complexity index is 576. The number of benzene rings is 1. The van der Waals surface area contributed by atoms with Crippen LogP contribution in [0.4, 0.5) is 0 Å². The Balaban J connectivity index is 2.28. The van der Waals surface area contributed by atoms with Crippen LogP contribution in [0.5, 0.6) is 0 Å². The number of thioether (sulfide) groups is 2. The SMILES string of the molecule is C=CCSC1=C(C=O)C(=O)CC(c2cccc(C)c2)S1. The lowest BCUT2D eigenvalue weighted by Gasteiger charge is -2.24. The van der Waals surface area contributed by atoms with Crippen molar-refractivity contribution in [3.63, 3.8) is 0 Å². The zero-order valence-corrected chi connectivity index (χ0v) is 12.9. The van der Waals surface area contributed by atoms with Gasteiger partial charge < -0.3 is 0 Å². The van der Waals surface area contributed by atoms with E-state index in [1.165, 1.54) is 17.3 Å². The third-order valence-electron chi connectivity index (χ3n) is 3.00. The summed E-state index contributed by atoms with van der Waals surface area (Å²) in [6.45, 7) is 5.72. The first-order chi connectivity index (χ1) is 9.65. The summed E-state index contributed by atoms with van der Waals surface area (Å²) in [5.41, 5.74) is 2.65. The van der Waals surface area contributed by atoms with Crippen LogP contribution in [-0.4, -0.2) is 17.8 Å². The second-order valence-electron chi connectivity index (χ2n) is 4.57. The molecule has 0 spiro atoms. The fraction of sp³-hybridized carbons (Fsp3) is 0.250. The number of ketones is 1. The van der Waals surface area contributed by atoms with E-state index in [0.29, 0.717) is 24.0 Å². The van der Waals surface area contributed by atoms with Gasteiger partial charge >= 0.3 is 0 Å². The van der Waals surface area contributed by atoms with E-state index < -0.39 is 0 Å². The molecule has 0 amide bonds. The molecule has 1 aromatic carbocycles. The van der Waals surface area contributed by atoms with E-state index >= 15 is 0 Å². The molecule has 0 saturated heterocycles. The number of carbonyl (C=O) groups excluding carboxylic acids is 2. The van der Waals surface area contributed by atoms with Crippen molar-refractivity contribution in [3.8, 4) is 0 Å². The molecule has 2 rings (SSSR count). The molecule has 2 nitrogen and oxygen atoms in total. The molecule has 0 aromatic heterocycles. The molecule has 1 heterocycles. The molecule has 1 aliphatic heterocycles. The van der Waals surface area contributed by atoms with Crippen molar-refractivity contribution >= 4 is 35.6 Å². The van der Waals surface area contributed by atoms with Crippen LogP contribution in [-0.2, 0) is 9.59 Å². The summed E-state index contributed by atoms with van der Waals surface area (Å²) >= 11 is 3.12. The summed E-state index contributed by atoms with van der Waals surface area (Å²) in [5.74, 6) is 0.643. The molecule has 4 heteroatoms. The Morgan fingerprint density at radius 2 is 2.30 bits per heavy atom. The fourth-order valence-electron chi connectivity index (χ4n) is 2.04. The molecule has 20 heavy (non-hydrogen) atoms. The number of Topliss-reactive ketones (excluding diaryl/α,β-unsaturated/α-hetero) is 1. The number of aryl methyl sites for hydroxylation is 1. The Morgan fingerprint density at radius 3 is 2.95 bits per heavy atom. The van der Waals surface area contributed by atoms with Gasteiger partial charge in [-0.15, -0.1) is 30.1 Å². The third kappa shape index (κ3) is 3.44. The van der Waals surface area contributed by atoms with Gasteiger partial charge in [-0.1, -0.05) is 35.9 Å². The maximum atomic E-state index is 12.1. The molecule has 104 valence electrons. The zero-order valence-electron chi connectivity index (χ0n) is 11.3. The number of carbonyl (C=O) groups is 2. The van der Waals surface area contributed by atoms with Gasteiger partial charge in [0.25, 0.3) is 0 Å². The molecule has 0 N–H and O–H groups in total. The van der Waals surface area contributed by atoms with Crippen LogP contribution in [0, 0.1) is 6.92 Å². The quantitative estimate of drug-likeness (QED) is 0.466. The summed E-state index contributed by atoms with van der Waals surface area (Å²) < 4.78 is 0.822. The highest BCUT2D eigenvalue weighted by Crippen LogP contribution is 2.47. The van der Waals surface area contributed by atoms with Crippen molar-refractivity contribution < 1.29 is 9.59 Å². The lowest BCUT2D eigenvalue weighted by atomic mass is 10.0. The summed E-state index contributed by atoms with van der Waals surface area (Å²) in [6.07, 6.45) is 2.86. The van der Waals surface area contributed by atoms with Crippen molar-refractivity contribution in [2.75, 3.05) is 5.75 Å². The lowest BCUT2D eigenvalue weighted by molar-refractivity contribution is -0.117. The number of hydrogen-bond donors (Lipinski definition) is 0. The first-order valence-electron chi connectivity index (χ1n) is 6.35. The number of hydrogen-bond acceptors (Lipinski definition) is 4. The predicted molar refractivity (Wildman–Crippen MR) is 86.9 cm³/mol. The second-order valence-corrected chi connectivity index (χ2v) is 7.07. The minimum absolute atomic E-state index is 0.0585. The van der Waals surface area contributed by atoms with Crippen molar-refractivity contribution in [2.45, 2.75) is 18.6 Å². The van der Waals surface area contributed by atoms with Gasteiger partial charge in [0.2, 0.25) is 0 Å². The molecule has 0 fully saturated rings. The Labute approximate surface area is 127 Å². The number of rotatable bonds is 5. The van der Waals surface area contributed by atoms with Gasteiger partial charge in [-0.2, -0.15) is 0 Å². The van der Waals surface area contributed by atoms with Gasteiger partial charge in [0.1, 0.15) is 0 Å². The molecule has 0 aliphatic carbocycles. The van der Waals surface area contributed by atoms with Crippen LogP contribution in [0.2, 0.25) is 0 Å². The highest BCUT2D eigenvalue weighted by atomic mass is 32.2. The Kier molecular flexibility index (Phi) is 5.26. The van der Waals surface area contributed by atoms with Crippen LogP contribution < -0.4 is 0 Å². The van der Waals surface area contributed by atoms with Crippen LogP contribution >= 0.6 is 23.5 Å². The first kappa shape index (κ1) is 15.1. The van der Waals surface area contributed by atoms with Gasteiger partial charge in [0.15, 0.2) is 12.1 Å². The number of allylic oxidation sites excluding steroid dienone is 1. The molecular formula is C16H16O2S2. The van der Waals surface area contributed by atoms with Crippen molar-refractivity contribution in [1.29, 1.82) is 0 Å². The van der Waals surface area contributed by atoms with Crippen molar-refractivity contribution in [2.24, 2.45) is 0 Å². The molecule has 1 unspecified atom stereocenters. The van der Waals surface area contributed by atoms with E-state index in [9.17, 15) is 9.59 Å². The van der Waals surface area contributed by atoms with Crippen LogP contribution in [0.1, 0.15) is 22.8 Å². The van der Waals surface area contributed by atoms with Crippen LogP contribution in [0.3, 0.4) is 0 Å². The van der Waals surface area contributed by atoms with E-state index in [4.69, 9.17) is 0 Å². The van der Waals surface area contributed by atoms with Crippen LogP contribution in [0.25, 0.3) is 0 Å². The molecule has 1 aromatic rings. The minimum Gasteiger partial charge on any atom is -0.298 e. The van der Waals surface area contributed by atoms with E-state index in [-0.39, 0.29) is 11.0 Å². The highest BCUT2D eigenvalue weighted by molar-refractivity contribution is 8.22. The average molecular weight is 304 g/mol. The van der Waals surface area contributed by atoms with Crippen molar-refractivity contribution in [3.05, 3.63) is 57.9 Å². The lowest BCUT2D eigenvalue weighted by Crippen LogP contribution is -2.15. The number of aldehydes is 1. The zero-order chi connectivity index (χ0) is 14.5. The summed E-state index contributed by atoms with van der Waals surface area (Å²) in [6, 6.07) is 8.19. The van der Waals surface area contributed by atoms with Crippen LogP contribution in [0.15, 0.2) is 46.7 Å². The topological polar surface area (TPSA) is 34.1 Å². The molecule has 0 saturated carbocycles. The van der Waals surface area contributed by atoms with Gasteiger partial charge in [0.05, 0.1) is 9.81 Å². The summed E-state index contributed by atoms with van der Waals surface area (Å²) in [4.78, 5) is 23.2. The first-order valence-corrected chi connectivity index (χ1v) is 8.21. The predicted octanol–water partition coefficient (Wildman–Crippen LogP) is 4.07.